The zero-order valence-corrected chi connectivity index (χ0v) is 12.9. The van der Waals surface area contributed by atoms with E-state index in [0.29, 0.717) is 10.9 Å². The molecule has 1 aliphatic heterocycles. The van der Waals surface area contributed by atoms with Crippen LogP contribution in [0.4, 0.5) is 4.79 Å². The number of nitrogens with one attached hydrogen (secondary N) is 1. The van der Waals surface area contributed by atoms with Gasteiger partial charge in [-0.1, -0.05) is 41.9 Å². The van der Waals surface area contributed by atoms with Gasteiger partial charge < -0.3 is 4.90 Å². The lowest BCUT2D eigenvalue weighted by Crippen LogP contribution is -2.43. The van der Waals surface area contributed by atoms with Gasteiger partial charge in [-0.3, -0.25) is 10.1 Å². The fourth-order valence-corrected chi connectivity index (χ4v) is 3.56. The second-order valence-corrected chi connectivity index (χ2v) is 6.79. The van der Waals surface area contributed by atoms with Crippen LogP contribution in [0.15, 0.2) is 42.5 Å². The first kappa shape index (κ1) is 14.1. The molecule has 0 spiro atoms. The van der Waals surface area contributed by atoms with Gasteiger partial charge >= 0.3 is 6.03 Å². The Morgan fingerprint density at radius 2 is 1.90 bits per heavy atom. The van der Waals surface area contributed by atoms with E-state index in [2.05, 4.69) is 5.32 Å². The van der Waals surface area contributed by atoms with Gasteiger partial charge in [-0.25, -0.2) is 4.79 Å². The summed E-state index contributed by atoms with van der Waals surface area (Å²) in [4.78, 5) is 27.0. The molecule has 108 valence electrons. The van der Waals surface area contributed by atoms with Crippen molar-refractivity contribution in [1.29, 1.82) is 0 Å². The van der Waals surface area contributed by atoms with E-state index in [9.17, 15) is 9.59 Å². The summed E-state index contributed by atoms with van der Waals surface area (Å²) in [6.07, 6.45) is 0. The fourth-order valence-electron chi connectivity index (χ4n) is 2.48. The molecule has 21 heavy (non-hydrogen) atoms. The summed E-state index contributed by atoms with van der Waals surface area (Å²) in [5.41, 5.74) is -0.217. The van der Waals surface area contributed by atoms with E-state index in [-0.39, 0.29) is 11.9 Å². The van der Waals surface area contributed by atoms with Crippen molar-refractivity contribution in [2.45, 2.75) is 19.0 Å². The molecule has 0 bridgehead atoms. The number of imide groups is 1. The number of urea groups is 1. The zero-order valence-electron chi connectivity index (χ0n) is 11.3. The highest BCUT2D eigenvalue weighted by Gasteiger charge is 2.50. The molecule has 1 saturated heterocycles. The lowest BCUT2D eigenvalue weighted by atomic mass is 9.90. The van der Waals surface area contributed by atoms with Crippen molar-refractivity contribution >= 4 is 34.9 Å². The Bertz CT molecular complexity index is 701. The SMILES string of the molecule is CC1(c2ccccc2)C(=O)NC(=O)N1Cc1ccc(Cl)s1. The van der Waals surface area contributed by atoms with Gasteiger partial charge in [0.05, 0.1) is 10.9 Å². The van der Waals surface area contributed by atoms with E-state index in [0.717, 1.165) is 10.4 Å². The molecule has 3 rings (SSSR count). The number of hydrogen-bond acceptors (Lipinski definition) is 3. The minimum absolute atomic E-state index is 0.304. The maximum Gasteiger partial charge on any atom is 0.325 e. The molecule has 1 atom stereocenters. The molecule has 1 aromatic heterocycles. The molecule has 0 saturated carbocycles. The first-order valence-electron chi connectivity index (χ1n) is 6.44. The molecular formula is C15H13ClN2O2S. The van der Waals surface area contributed by atoms with E-state index in [1.807, 2.05) is 36.4 Å². The fraction of sp³-hybridized carbons (Fsp3) is 0.200. The second kappa shape index (κ2) is 5.16. The largest absolute Gasteiger partial charge is 0.325 e. The van der Waals surface area contributed by atoms with Crippen molar-refractivity contribution in [3.05, 3.63) is 57.2 Å². The maximum atomic E-state index is 12.3. The van der Waals surface area contributed by atoms with E-state index < -0.39 is 5.54 Å². The minimum Gasteiger partial charge on any atom is -0.301 e. The number of hydrogen-bond donors (Lipinski definition) is 1. The van der Waals surface area contributed by atoms with E-state index in [1.165, 1.54) is 11.3 Å². The molecule has 0 aliphatic carbocycles. The Morgan fingerprint density at radius 1 is 1.19 bits per heavy atom. The van der Waals surface area contributed by atoms with Gasteiger partial charge in [0.15, 0.2) is 0 Å². The van der Waals surface area contributed by atoms with Crippen molar-refractivity contribution in [2.75, 3.05) is 0 Å². The average Bonchev–Trinajstić information content (AvgIpc) is 2.98. The molecule has 3 amide bonds. The zero-order chi connectivity index (χ0) is 15.0. The van der Waals surface area contributed by atoms with Crippen LogP contribution in [0.2, 0.25) is 4.34 Å². The summed E-state index contributed by atoms with van der Waals surface area (Å²) in [6, 6.07) is 12.6. The first-order valence-corrected chi connectivity index (χ1v) is 7.64. The Balaban J connectivity index is 2.00. The van der Waals surface area contributed by atoms with Crippen LogP contribution < -0.4 is 5.32 Å². The number of rotatable bonds is 3. The van der Waals surface area contributed by atoms with Crippen LogP contribution in [0.3, 0.4) is 0 Å². The van der Waals surface area contributed by atoms with Crippen molar-refractivity contribution < 1.29 is 9.59 Å². The Kier molecular flexibility index (Phi) is 3.47. The predicted molar refractivity (Wildman–Crippen MR) is 82.2 cm³/mol. The summed E-state index contributed by atoms with van der Waals surface area (Å²) in [7, 11) is 0. The summed E-state index contributed by atoms with van der Waals surface area (Å²) in [5.74, 6) is -0.304. The molecular weight excluding hydrogens is 308 g/mol. The quantitative estimate of drug-likeness (QED) is 0.881. The summed E-state index contributed by atoms with van der Waals surface area (Å²) >= 11 is 7.34. The van der Waals surface area contributed by atoms with Gasteiger partial charge in [0.2, 0.25) is 0 Å². The van der Waals surface area contributed by atoms with Crippen LogP contribution in [-0.2, 0) is 16.9 Å². The third-order valence-electron chi connectivity index (χ3n) is 3.73. The van der Waals surface area contributed by atoms with Gasteiger partial charge in [0, 0.05) is 4.88 Å². The van der Waals surface area contributed by atoms with Gasteiger partial charge in [0.1, 0.15) is 5.54 Å². The molecule has 2 heterocycles. The van der Waals surface area contributed by atoms with Gasteiger partial charge in [0.25, 0.3) is 5.91 Å². The molecule has 0 radical (unpaired) electrons. The third kappa shape index (κ3) is 2.32. The highest BCUT2D eigenvalue weighted by atomic mass is 35.5. The normalized spacial score (nSPS) is 21.7. The summed E-state index contributed by atoms with van der Waals surface area (Å²) < 4.78 is 0.664. The number of benzene rings is 1. The molecule has 1 aromatic carbocycles. The van der Waals surface area contributed by atoms with Crippen LogP contribution in [-0.4, -0.2) is 16.8 Å². The number of amides is 3. The van der Waals surface area contributed by atoms with Crippen molar-refractivity contribution in [3.63, 3.8) is 0 Å². The highest BCUT2D eigenvalue weighted by molar-refractivity contribution is 7.16. The molecule has 1 fully saturated rings. The van der Waals surface area contributed by atoms with Crippen molar-refractivity contribution in [1.82, 2.24) is 10.2 Å². The molecule has 4 nitrogen and oxygen atoms in total. The lowest BCUT2D eigenvalue weighted by Gasteiger charge is -2.31. The highest BCUT2D eigenvalue weighted by Crippen LogP contribution is 2.35. The molecule has 6 heteroatoms. The molecule has 1 aliphatic rings. The van der Waals surface area contributed by atoms with Gasteiger partial charge in [-0.2, -0.15) is 0 Å². The smallest absolute Gasteiger partial charge is 0.301 e. The number of halogens is 1. The van der Waals surface area contributed by atoms with E-state index in [4.69, 9.17) is 11.6 Å². The molecule has 1 unspecified atom stereocenters. The van der Waals surface area contributed by atoms with Crippen LogP contribution >= 0.6 is 22.9 Å². The Morgan fingerprint density at radius 3 is 2.52 bits per heavy atom. The summed E-state index contributed by atoms with van der Waals surface area (Å²) in [5, 5.41) is 2.40. The molecule has 1 N–H and O–H groups in total. The van der Waals surface area contributed by atoms with Gasteiger partial charge in [-0.15, -0.1) is 11.3 Å². The summed E-state index contributed by atoms with van der Waals surface area (Å²) in [6.45, 7) is 2.11. The number of carbonyl (C=O) groups is 2. The number of thiophene rings is 1. The minimum atomic E-state index is -1.01. The first-order chi connectivity index (χ1) is 10.0. The monoisotopic (exact) mass is 320 g/mol. The van der Waals surface area contributed by atoms with E-state index in [1.54, 1.807) is 17.9 Å². The second-order valence-electron chi connectivity index (χ2n) is 4.99. The lowest BCUT2D eigenvalue weighted by molar-refractivity contribution is -0.126. The van der Waals surface area contributed by atoms with Crippen LogP contribution in [0, 0.1) is 0 Å². The predicted octanol–water partition coefficient (Wildman–Crippen LogP) is 3.37. The maximum absolute atomic E-state index is 12.3. The number of nitrogens with zero attached hydrogens (tertiary/aromatic N) is 1. The van der Waals surface area contributed by atoms with Crippen molar-refractivity contribution in [2.24, 2.45) is 0 Å². The Hall–Kier alpha value is -1.85. The van der Waals surface area contributed by atoms with Crippen molar-refractivity contribution in [3.8, 4) is 0 Å². The van der Waals surface area contributed by atoms with Crippen LogP contribution in [0.1, 0.15) is 17.4 Å². The standard InChI is InChI=1S/C15H13ClN2O2S/c1-15(10-5-3-2-4-6-10)13(19)17-14(20)18(15)9-11-7-8-12(16)21-11/h2-8H,9H2,1H3,(H,17,19,20). The number of carbonyl (C=O) groups excluding carboxylic acids is 2. The topological polar surface area (TPSA) is 49.4 Å². The van der Waals surface area contributed by atoms with Crippen LogP contribution in [0.25, 0.3) is 0 Å². The van der Waals surface area contributed by atoms with Crippen LogP contribution in [0.5, 0.6) is 0 Å². The Labute approximate surface area is 131 Å². The third-order valence-corrected chi connectivity index (χ3v) is 4.94. The van der Waals surface area contributed by atoms with E-state index >= 15 is 0 Å². The van der Waals surface area contributed by atoms with Gasteiger partial charge in [-0.05, 0) is 24.6 Å². The average molecular weight is 321 g/mol. The molecule has 2 aromatic rings.